The van der Waals surface area contributed by atoms with Gasteiger partial charge >= 0.3 is 18.1 Å². The summed E-state index contributed by atoms with van der Waals surface area (Å²) in [5, 5.41) is 14.5. The third-order valence-electron chi connectivity index (χ3n) is 7.72. The first-order chi connectivity index (χ1) is 21.5. The molecule has 4 rings (SSSR count). The number of carbonyl (C=O) groups is 5. The van der Waals surface area contributed by atoms with Gasteiger partial charge in [-0.25, -0.2) is 19.3 Å². The minimum Gasteiger partial charge on any atom is -0.480 e. The van der Waals surface area contributed by atoms with E-state index < -0.39 is 54.1 Å². The van der Waals surface area contributed by atoms with Crippen molar-refractivity contribution in [3.05, 3.63) is 108 Å². The molecule has 11 heteroatoms. The Bertz CT molecular complexity index is 1510. The lowest BCUT2D eigenvalue weighted by atomic mass is 9.89. The van der Waals surface area contributed by atoms with Crippen LogP contribution in [0.3, 0.4) is 0 Å². The number of nitrogens with zero attached hydrogens (tertiary/aromatic N) is 2. The molecule has 0 spiro atoms. The molecule has 11 nitrogen and oxygen atoms in total. The van der Waals surface area contributed by atoms with Crippen molar-refractivity contribution in [2.45, 2.75) is 58.0 Å². The lowest BCUT2D eigenvalue weighted by Gasteiger charge is -2.32. The van der Waals surface area contributed by atoms with E-state index in [0.29, 0.717) is 11.1 Å². The molecular weight excluding hydrogens is 576 g/mol. The molecule has 0 saturated carbocycles. The number of nitrogens with one attached hydrogen (secondary N) is 2. The van der Waals surface area contributed by atoms with Gasteiger partial charge in [0, 0.05) is 14.5 Å². The predicted molar refractivity (Wildman–Crippen MR) is 168 cm³/mol. The maximum atomic E-state index is 14.3. The van der Waals surface area contributed by atoms with Crippen molar-refractivity contribution in [3.63, 3.8) is 0 Å². The summed E-state index contributed by atoms with van der Waals surface area (Å²) >= 11 is 0. The van der Waals surface area contributed by atoms with Crippen molar-refractivity contribution >= 4 is 29.9 Å². The van der Waals surface area contributed by atoms with Crippen molar-refractivity contribution in [3.8, 4) is 0 Å². The van der Waals surface area contributed by atoms with E-state index in [1.807, 2.05) is 56.3 Å². The van der Waals surface area contributed by atoms with Crippen LogP contribution in [0.5, 0.6) is 0 Å². The second-order valence-electron chi connectivity index (χ2n) is 11.5. The zero-order valence-electron chi connectivity index (χ0n) is 25.5. The van der Waals surface area contributed by atoms with Gasteiger partial charge in [0.1, 0.15) is 24.2 Å². The third kappa shape index (κ3) is 7.67. The number of alkyl carbamates (subject to hydrolysis) is 1. The number of ether oxygens (including phenoxy) is 1. The molecule has 3 aromatic carbocycles. The average molecular weight is 617 g/mol. The molecule has 1 saturated heterocycles. The number of carboxylic acid groups (broad SMARTS) is 1. The zero-order chi connectivity index (χ0) is 32.6. The van der Waals surface area contributed by atoms with Crippen LogP contribution in [0.4, 0.5) is 9.59 Å². The molecule has 3 aromatic rings. The molecule has 0 aliphatic carbocycles. The molecular formula is C34H40N4O7. The van der Waals surface area contributed by atoms with Crippen LogP contribution < -0.4 is 10.6 Å². The van der Waals surface area contributed by atoms with Crippen LogP contribution in [-0.4, -0.2) is 63.4 Å². The van der Waals surface area contributed by atoms with E-state index in [9.17, 15) is 29.1 Å². The van der Waals surface area contributed by atoms with E-state index >= 15 is 0 Å². The van der Waals surface area contributed by atoms with Crippen LogP contribution in [0, 0.1) is 5.92 Å². The predicted octanol–water partition coefficient (Wildman–Crippen LogP) is 4.52. The minimum atomic E-state index is -1.52. The second-order valence-corrected chi connectivity index (χ2v) is 11.5. The highest BCUT2D eigenvalue weighted by Crippen LogP contribution is 2.40. The van der Waals surface area contributed by atoms with E-state index in [-0.39, 0.29) is 26.9 Å². The summed E-state index contributed by atoms with van der Waals surface area (Å²) < 4.78 is 5.12. The molecule has 0 radical (unpaired) electrons. The van der Waals surface area contributed by atoms with Gasteiger partial charge in [0.05, 0.1) is 0 Å². The van der Waals surface area contributed by atoms with Crippen LogP contribution in [0.25, 0.3) is 0 Å². The first kappa shape index (κ1) is 32.7. The summed E-state index contributed by atoms with van der Waals surface area (Å²) in [6.45, 7) is 4.94. The highest BCUT2D eigenvalue weighted by Gasteiger charge is 2.58. The van der Waals surface area contributed by atoms with Gasteiger partial charge in [0.25, 0.3) is 5.91 Å². The minimum absolute atomic E-state index is 0. The standard InChI is InChI=1S/C34H38N4O7.H2/c1-23(2)19-28(29(39)35-20-27(30(40)41)36-32(43)45-22-25-15-9-5-10-16-25)38-31(42)34(3,26-17-11-6-12-18-26)37(33(38)44)21-24-13-7-4-8-14-24;/h4-18,23,27-28H,19-22H2,1-3H3,(H,35,39)(H,36,43)(H,40,41);1H/t27-,28?,34-;/m0./s1. The molecule has 1 unspecified atom stereocenters. The fourth-order valence-electron chi connectivity index (χ4n) is 5.27. The number of carboxylic acids is 1. The van der Waals surface area contributed by atoms with Crippen LogP contribution in [0.1, 0.15) is 45.3 Å². The maximum Gasteiger partial charge on any atom is 0.408 e. The molecule has 1 aliphatic rings. The lowest BCUT2D eigenvalue weighted by Crippen LogP contribution is -2.55. The maximum absolute atomic E-state index is 14.3. The number of rotatable bonds is 13. The van der Waals surface area contributed by atoms with E-state index in [4.69, 9.17) is 4.74 Å². The zero-order valence-corrected chi connectivity index (χ0v) is 25.5. The van der Waals surface area contributed by atoms with Crippen molar-refractivity contribution in [1.82, 2.24) is 20.4 Å². The Morgan fingerprint density at radius 2 is 1.44 bits per heavy atom. The number of urea groups is 1. The fraction of sp³-hybridized carbons (Fsp3) is 0.324. The summed E-state index contributed by atoms with van der Waals surface area (Å²) in [5.74, 6) is -2.78. The number of carbonyl (C=O) groups excluding carboxylic acids is 4. The molecule has 0 aromatic heterocycles. The summed E-state index contributed by atoms with van der Waals surface area (Å²) in [6.07, 6.45) is -0.836. The average Bonchev–Trinajstić information content (AvgIpc) is 3.22. The van der Waals surface area contributed by atoms with Gasteiger partial charge in [-0.15, -0.1) is 0 Å². The molecule has 1 aliphatic heterocycles. The Morgan fingerprint density at radius 3 is 2.00 bits per heavy atom. The number of aliphatic carboxylic acids is 1. The fourth-order valence-corrected chi connectivity index (χ4v) is 5.27. The SMILES string of the molecule is CC(C)CC(C(=O)NC[C@H](NC(=O)OCc1ccccc1)C(=O)O)N1C(=O)N(Cc2ccccc2)[C@@](C)(c2ccccc2)C1=O.[HH]. The topological polar surface area (TPSA) is 145 Å². The molecule has 238 valence electrons. The van der Waals surface area contributed by atoms with E-state index in [0.717, 1.165) is 10.5 Å². The van der Waals surface area contributed by atoms with Gasteiger partial charge in [-0.1, -0.05) is 105 Å². The highest BCUT2D eigenvalue weighted by molar-refractivity contribution is 6.10. The summed E-state index contributed by atoms with van der Waals surface area (Å²) in [7, 11) is 0. The Labute approximate surface area is 263 Å². The molecule has 3 N–H and O–H groups in total. The Morgan fingerprint density at radius 1 is 0.889 bits per heavy atom. The van der Waals surface area contributed by atoms with Crippen LogP contribution in [0.2, 0.25) is 0 Å². The van der Waals surface area contributed by atoms with Gasteiger partial charge in [-0.2, -0.15) is 0 Å². The first-order valence-electron chi connectivity index (χ1n) is 14.7. The van der Waals surface area contributed by atoms with Gasteiger partial charge in [-0.3, -0.25) is 9.59 Å². The largest absolute Gasteiger partial charge is 0.480 e. The monoisotopic (exact) mass is 616 g/mol. The number of hydrogen-bond donors (Lipinski definition) is 3. The number of amides is 5. The van der Waals surface area contributed by atoms with Crippen LogP contribution in [0.15, 0.2) is 91.0 Å². The molecule has 5 amide bonds. The van der Waals surface area contributed by atoms with E-state index in [1.54, 1.807) is 55.5 Å². The first-order valence-corrected chi connectivity index (χ1v) is 14.7. The molecule has 45 heavy (non-hydrogen) atoms. The Kier molecular flexibility index (Phi) is 10.6. The van der Waals surface area contributed by atoms with E-state index in [2.05, 4.69) is 10.6 Å². The van der Waals surface area contributed by atoms with Gasteiger partial charge in [0.15, 0.2) is 0 Å². The Balaban J connectivity index is 0.00000576. The Hall–Kier alpha value is -5.19. The quantitative estimate of drug-likeness (QED) is 0.239. The summed E-state index contributed by atoms with van der Waals surface area (Å²) in [4.78, 5) is 68.8. The van der Waals surface area contributed by atoms with Crippen LogP contribution in [-0.2, 0) is 37.8 Å². The summed E-state index contributed by atoms with van der Waals surface area (Å²) in [6, 6.07) is 23.6. The van der Waals surface area contributed by atoms with Gasteiger partial charge in [0.2, 0.25) is 5.91 Å². The van der Waals surface area contributed by atoms with Crippen molar-refractivity contribution < 1.29 is 35.2 Å². The number of benzene rings is 3. The number of imide groups is 1. The lowest BCUT2D eigenvalue weighted by molar-refractivity contribution is -0.141. The normalized spacial score (nSPS) is 17.6. The smallest absolute Gasteiger partial charge is 0.408 e. The van der Waals surface area contributed by atoms with Gasteiger partial charge in [-0.05, 0) is 36.0 Å². The van der Waals surface area contributed by atoms with E-state index in [1.165, 1.54) is 4.90 Å². The van der Waals surface area contributed by atoms with Crippen molar-refractivity contribution in [1.29, 1.82) is 0 Å². The molecule has 0 bridgehead atoms. The summed E-state index contributed by atoms with van der Waals surface area (Å²) in [5.41, 5.74) is 0.710. The molecule has 1 heterocycles. The van der Waals surface area contributed by atoms with Crippen molar-refractivity contribution in [2.24, 2.45) is 5.92 Å². The molecule has 3 atom stereocenters. The van der Waals surface area contributed by atoms with Crippen LogP contribution >= 0.6 is 0 Å². The second kappa shape index (κ2) is 14.5. The third-order valence-corrected chi connectivity index (χ3v) is 7.72. The molecule has 1 fully saturated rings. The highest BCUT2D eigenvalue weighted by atomic mass is 16.5. The van der Waals surface area contributed by atoms with Crippen molar-refractivity contribution in [2.75, 3.05) is 6.54 Å². The van der Waals surface area contributed by atoms with Gasteiger partial charge < -0.3 is 25.4 Å². The number of hydrogen-bond acceptors (Lipinski definition) is 6.